The molecule has 2 aliphatic heterocycles. The van der Waals surface area contributed by atoms with Crippen molar-refractivity contribution < 1.29 is 186 Å². The molecule has 52 heavy (non-hydrogen) atoms. The molecule has 4 aromatic heterocycles. The van der Waals surface area contributed by atoms with E-state index < -0.39 is 89.1 Å². The van der Waals surface area contributed by atoms with Gasteiger partial charge in [-0.1, -0.05) is 0 Å². The molecule has 0 amide bonds. The normalized spacial score (nSPS) is 25.7. The molecule has 0 bridgehead atoms. The van der Waals surface area contributed by atoms with Crippen molar-refractivity contribution >= 4 is 49.9 Å². The van der Waals surface area contributed by atoms with Crippen LogP contribution in [0, 0.1) is 0 Å². The van der Waals surface area contributed by atoms with Gasteiger partial charge in [0, 0.05) is 0 Å². The summed E-state index contributed by atoms with van der Waals surface area (Å²) in [5.41, 5.74) is 9.30. The summed E-state index contributed by atoms with van der Waals surface area (Å²) in [5, 5.41) is 38.7. The minimum Gasteiger partial charge on any atom is -0.790 e. The van der Waals surface area contributed by atoms with E-state index >= 15 is 0 Å². The van der Waals surface area contributed by atoms with E-state index in [0.717, 1.165) is 21.8 Å². The Labute approximate surface area is 377 Å². The first-order chi connectivity index (χ1) is 22.4. The average molecular weight is 814 g/mol. The number of nitrogens with one attached hydrogen (secondary N) is 2. The fourth-order valence-corrected chi connectivity index (χ4v) is 6.08. The predicted octanol–water partition coefficient (Wildman–Crippen LogP) is -19.7. The van der Waals surface area contributed by atoms with Gasteiger partial charge in [-0.3, -0.25) is 28.7 Å². The molecule has 2 fully saturated rings. The average Bonchev–Trinajstić information content (AvgIpc) is 3.73. The Bertz CT molecular complexity index is 2030. The molecule has 2 saturated heterocycles. The second kappa shape index (κ2) is 20.1. The number of nitrogens with zero attached hydrogens (tertiary/aromatic N) is 6. The largest absolute Gasteiger partial charge is 1.00 e. The maximum Gasteiger partial charge on any atom is 1.00 e. The Morgan fingerprint density at radius 3 is 1.56 bits per heavy atom. The number of fused-ring (bicyclic) bond motifs is 2. The summed E-state index contributed by atoms with van der Waals surface area (Å²) < 4.78 is 43.2. The van der Waals surface area contributed by atoms with Gasteiger partial charge >= 0.3 is 118 Å². The van der Waals surface area contributed by atoms with E-state index in [2.05, 4.69) is 39.0 Å². The number of aromatic nitrogens is 8. The molecule has 6 rings (SSSR count). The van der Waals surface area contributed by atoms with Crippen LogP contribution >= 0.6 is 15.6 Å². The number of imidazole rings is 2. The van der Waals surface area contributed by atoms with E-state index in [0.29, 0.717) is 0 Å². The SMILES string of the molecule is Nc1nc2c(ncn2C2OC(CO)C(O)C2OP(=O)([O-])[O-])c(=O)[nH]1.Nc1nc2c(ncn2C2OC(CO)C(OP(=O)([O-])[O-])C2O)c(=O)[nH]1.[Na+].[Na+].[Na+].[Na+]. The topological polar surface area (TPSA) is 423 Å². The molecule has 0 aliphatic carbocycles. The third-order valence-corrected chi connectivity index (χ3v) is 7.94. The minimum absolute atomic E-state index is 0. The number of aliphatic hydroxyl groups is 4. The summed E-state index contributed by atoms with van der Waals surface area (Å²) in [4.78, 5) is 86.8. The predicted molar refractivity (Wildman–Crippen MR) is 144 cm³/mol. The van der Waals surface area contributed by atoms with Gasteiger partial charge in [0.05, 0.1) is 41.5 Å². The number of hydrogen-bond acceptors (Lipinski definition) is 22. The number of aliphatic hydroxyl groups excluding tert-OH is 4. The summed E-state index contributed by atoms with van der Waals surface area (Å²) >= 11 is 0. The van der Waals surface area contributed by atoms with Gasteiger partial charge in [0.15, 0.2) is 34.8 Å². The summed E-state index contributed by atoms with van der Waals surface area (Å²) in [5.74, 6) is -0.445. The van der Waals surface area contributed by atoms with Crippen molar-refractivity contribution in [3.8, 4) is 0 Å². The monoisotopic (exact) mass is 814 g/mol. The van der Waals surface area contributed by atoms with Gasteiger partial charge in [0.25, 0.3) is 11.1 Å². The number of anilines is 2. The molecular weight excluding hydrogens is 790 g/mol. The van der Waals surface area contributed by atoms with E-state index in [1.807, 2.05) is 0 Å². The Balaban J connectivity index is 0.000000483. The Hall–Kier alpha value is 0.280. The van der Waals surface area contributed by atoms with Crippen LogP contribution in [0.2, 0.25) is 0 Å². The maximum absolute atomic E-state index is 11.8. The van der Waals surface area contributed by atoms with Gasteiger partial charge in [0.2, 0.25) is 11.9 Å². The van der Waals surface area contributed by atoms with Gasteiger partial charge < -0.3 is 79.1 Å². The molecule has 0 spiro atoms. The minimum atomic E-state index is -5.48. The summed E-state index contributed by atoms with van der Waals surface area (Å²) in [6.45, 7) is -1.39. The molecule has 4 aromatic rings. The fraction of sp³-hybridized carbons (Fsp3) is 0.500. The van der Waals surface area contributed by atoms with Crippen molar-refractivity contribution in [3.63, 3.8) is 0 Å². The Kier molecular flexibility index (Phi) is 19.5. The van der Waals surface area contributed by atoms with Crippen LogP contribution in [0.4, 0.5) is 11.9 Å². The molecular formula is C20H24N10Na4O16P2. The van der Waals surface area contributed by atoms with Crippen LogP contribution in [-0.4, -0.2) is 109 Å². The summed E-state index contributed by atoms with van der Waals surface area (Å²) in [6, 6.07) is 0. The van der Waals surface area contributed by atoms with Crippen molar-refractivity contribution in [2.45, 2.75) is 49.1 Å². The van der Waals surface area contributed by atoms with E-state index in [1.165, 1.54) is 0 Å². The standard InChI is InChI=1S/2C10H14N5O8P.4Na/c11-10-13-7-4(8(18)14-10)12-2-15(7)9-5(17)6(3(1-16)22-9)23-24(19,20)21;11-10-13-7-4(8(18)14-10)12-2-15(7)9-6(23-24(19,20)21)5(17)3(1-16)22-9;;;;/h2*2-3,5-6,9,16-17H,1H2,(H2,19,20,21)(H3,11,13,14,18);;;;/q;;4*+1/p-4. The third-order valence-electron chi connectivity index (χ3n) is 6.93. The zero-order chi connectivity index (χ0) is 35.3. The molecule has 0 saturated carbocycles. The molecule has 0 radical (unpaired) electrons. The quantitative estimate of drug-likeness (QED) is 0.0604. The zero-order valence-corrected chi connectivity index (χ0v) is 37.4. The second-order valence-corrected chi connectivity index (χ2v) is 12.3. The number of phosphoric acid groups is 2. The second-order valence-electron chi connectivity index (χ2n) is 10.1. The van der Waals surface area contributed by atoms with Crippen molar-refractivity contribution in [3.05, 3.63) is 33.4 Å². The zero-order valence-electron chi connectivity index (χ0n) is 27.6. The molecule has 8 atom stereocenters. The van der Waals surface area contributed by atoms with Crippen molar-refractivity contribution in [1.82, 2.24) is 39.0 Å². The number of aromatic amines is 2. The smallest absolute Gasteiger partial charge is 0.790 e. The van der Waals surface area contributed by atoms with Gasteiger partial charge in [-0.25, -0.2) is 9.97 Å². The number of nitrogens with two attached hydrogens (primary N) is 2. The van der Waals surface area contributed by atoms with Crippen LogP contribution in [-0.2, 0) is 27.7 Å². The Morgan fingerprint density at radius 1 is 0.731 bits per heavy atom. The van der Waals surface area contributed by atoms with E-state index in [1.54, 1.807) is 0 Å². The van der Waals surface area contributed by atoms with Gasteiger partial charge in [-0.05, 0) is 0 Å². The number of nitrogen functional groups attached to an aromatic ring is 2. The molecule has 6 heterocycles. The molecule has 2 aliphatic rings. The first kappa shape index (κ1) is 50.3. The number of hydrogen-bond donors (Lipinski definition) is 8. The van der Waals surface area contributed by atoms with Crippen LogP contribution in [0.5, 0.6) is 0 Å². The molecule has 8 unspecified atom stereocenters. The molecule has 32 heteroatoms. The van der Waals surface area contributed by atoms with Crippen LogP contribution in [0.25, 0.3) is 22.3 Å². The fourth-order valence-electron chi connectivity index (χ4n) is 4.99. The third kappa shape index (κ3) is 11.2. The Morgan fingerprint density at radius 2 is 1.13 bits per heavy atom. The maximum atomic E-state index is 11.8. The van der Waals surface area contributed by atoms with Crippen molar-refractivity contribution in [2.75, 3.05) is 24.7 Å². The first-order valence-electron chi connectivity index (χ1n) is 13.2. The summed E-state index contributed by atoms with van der Waals surface area (Å²) in [6.07, 6.45) is -9.57. The number of phosphoric ester groups is 2. The van der Waals surface area contributed by atoms with E-state index in [9.17, 15) is 58.7 Å². The first-order valence-corrected chi connectivity index (χ1v) is 16.1. The van der Waals surface area contributed by atoms with Crippen LogP contribution in [0.15, 0.2) is 22.2 Å². The van der Waals surface area contributed by atoms with Crippen LogP contribution < -0.4 is 160 Å². The molecule has 26 nitrogen and oxygen atoms in total. The summed E-state index contributed by atoms with van der Waals surface area (Å²) in [7, 11) is -10.9. The molecule has 264 valence electrons. The van der Waals surface area contributed by atoms with E-state index in [4.69, 9.17) is 20.9 Å². The van der Waals surface area contributed by atoms with Gasteiger partial charge in [-0.2, -0.15) is 9.97 Å². The van der Waals surface area contributed by atoms with Crippen LogP contribution in [0.3, 0.4) is 0 Å². The van der Waals surface area contributed by atoms with Gasteiger partial charge in [-0.15, -0.1) is 0 Å². The van der Waals surface area contributed by atoms with Crippen LogP contribution in [0.1, 0.15) is 12.5 Å². The van der Waals surface area contributed by atoms with E-state index in [-0.39, 0.29) is 152 Å². The number of ether oxygens (including phenoxy) is 2. The molecule has 0 aromatic carbocycles. The van der Waals surface area contributed by atoms with Crippen molar-refractivity contribution in [1.29, 1.82) is 0 Å². The van der Waals surface area contributed by atoms with Crippen molar-refractivity contribution in [2.24, 2.45) is 0 Å². The van der Waals surface area contributed by atoms with Gasteiger partial charge in [0.1, 0.15) is 36.6 Å². The molecule has 10 N–H and O–H groups in total. The number of H-pyrrole nitrogens is 2. The number of rotatable bonds is 8.